The molecule has 2 amide bonds. The average Bonchev–Trinajstić information content (AvgIpc) is 2.42. The molecular formula is C15H25N3O4S. The fourth-order valence-corrected chi connectivity index (χ4v) is 2.17. The van der Waals surface area contributed by atoms with Gasteiger partial charge in [0.05, 0.1) is 6.26 Å². The summed E-state index contributed by atoms with van der Waals surface area (Å²) in [6.07, 6.45) is 0.874. The van der Waals surface area contributed by atoms with Gasteiger partial charge in [0.25, 0.3) is 10.1 Å². The van der Waals surface area contributed by atoms with Crippen molar-refractivity contribution in [3.05, 3.63) is 35.4 Å². The molecule has 7 nitrogen and oxygen atoms in total. The summed E-state index contributed by atoms with van der Waals surface area (Å²) in [6, 6.07) is 7.17. The van der Waals surface area contributed by atoms with Crippen LogP contribution in [0.25, 0.3) is 0 Å². The van der Waals surface area contributed by atoms with Gasteiger partial charge in [-0.25, -0.2) is 4.79 Å². The average molecular weight is 343 g/mol. The van der Waals surface area contributed by atoms with Crippen LogP contribution in [0.5, 0.6) is 0 Å². The molecule has 0 atom stereocenters. The van der Waals surface area contributed by atoms with Crippen LogP contribution in [0.2, 0.25) is 0 Å². The van der Waals surface area contributed by atoms with Crippen molar-refractivity contribution in [2.24, 2.45) is 0 Å². The monoisotopic (exact) mass is 343 g/mol. The lowest BCUT2D eigenvalue weighted by molar-refractivity contribution is -0.0526. The predicted octanol–water partition coefficient (Wildman–Crippen LogP) is 1.91. The molecule has 0 saturated carbocycles. The van der Waals surface area contributed by atoms with Crippen LogP contribution >= 0.6 is 0 Å². The third-order valence-electron chi connectivity index (χ3n) is 2.97. The van der Waals surface area contributed by atoms with Crippen molar-refractivity contribution in [2.45, 2.75) is 39.7 Å². The Hall–Kier alpha value is -1.64. The van der Waals surface area contributed by atoms with Gasteiger partial charge in [-0.05, 0) is 23.5 Å². The van der Waals surface area contributed by atoms with Crippen molar-refractivity contribution in [1.29, 1.82) is 0 Å². The van der Waals surface area contributed by atoms with Gasteiger partial charge >= 0.3 is 6.03 Å². The smallest absolute Gasteiger partial charge is 0.335 e. The summed E-state index contributed by atoms with van der Waals surface area (Å²) in [4.78, 5) is 11.8. The summed E-state index contributed by atoms with van der Waals surface area (Å²) in [7, 11) is -3.81. The number of hydrogen-bond acceptors (Lipinski definition) is 5. The molecule has 23 heavy (non-hydrogen) atoms. The normalized spacial score (nSPS) is 12.0. The van der Waals surface area contributed by atoms with E-state index < -0.39 is 16.1 Å². The van der Waals surface area contributed by atoms with E-state index in [-0.39, 0.29) is 12.0 Å². The van der Waals surface area contributed by atoms with Gasteiger partial charge in [-0.1, -0.05) is 45.0 Å². The largest absolute Gasteiger partial charge is 0.357 e. The van der Waals surface area contributed by atoms with Crippen molar-refractivity contribution >= 4 is 16.1 Å². The number of hydrogen-bond donors (Lipinski definition) is 2. The molecule has 2 N–H and O–H groups in total. The summed E-state index contributed by atoms with van der Waals surface area (Å²) >= 11 is 0. The van der Waals surface area contributed by atoms with Crippen molar-refractivity contribution in [3.8, 4) is 0 Å². The molecule has 130 valence electrons. The van der Waals surface area contributed by atoms with Gasteiger partial charge in [0.2, 0.25) is 0 Å². The van der Waals surface area contributed by atoms with E-state index in [0.717, 1.165) is 11.8 Å². The number of amides is 2. The standard InChI is InChI=1S/C15H25N3O4S/c1-6-16-14(19)18(22-23(5,20)21)17-11-12-7-9-13(10-8-12)15(2,3)4/h7-10,17H,6,11H2,1-5H3,(H,16,19). The number of carbonyl (C=O) groups is 1. The molecule has 0 radical (unpaired) electrons. The molecule has 0 spiro atoms. The minimum absolute atomic E-state index is 0.0540. The molecule has 0 heterocycles. The van der Waals surface area contributed by atoms with Crippen LogP contribution in [-0.2, 0) is 26.4 Å². The Bertz CT molecular complexity index is 621. The molecule has 1 aromatic carbocycles. The van der Waals surface area contributed by atoms with Crippen LogP contribution in [0.4, 0.5) is 4.79 Å². The lowest BCUT2D eigenvalue weighted by Crippen LogP contribution is -2.48. The first kappa shape index (κ1) is 19.4. The first-order valence-electron chi connectivity index (χ1n) is 7.33. The van der Waals surface area contributed by atoms with Crippen LogP contribution in [-0.4, -0.2) is 32.4 Å². The van der Waals surface area contributed by atoms with Gasteiger partial charge in [0, 0.05) is 13.1 Å². The van der Waals surface area contributed by atoms with E-state index in [1.807, 2.05) is 24.3 Å². The quantitative estimate of drug-likeness (QED) is 0.771. The summed E-state index contributed by atoms with van der Waals surface area (Å²) in [6.45, 7) is 8.69. The zero-order valence-corrected chi connectivity index (χ0v) is 15.0. The van der Waals surface area contributed by atoms with Crippen LogP contribution in [0.1, 0.15) is 38.8 Å². The van der Waals surface area contributed by atoms with Gasteiger partial charge in [-0.15, -0.1) is 9.46 Å². The van der Waals surface area contributed by atoms with Crippen LogP contribution in [0, 0.1) is 0 Å². The fourth-order valence-electron chi connectivity index (χ4n) is 1.78. The lowest BCUT2D eigenvalue weighted by Gasteiger charge is -2.22. The van der Waals surface area contributed by atoms with Crippen molar-refractivity contribution in [3.63, 3.8) is 0 Å². The maximum Gasteiger partial charge on any atom is 0.357 e. The highest BCUT2D eigenvalue weighted by Gasteiger charge is 2.19. The van der Waals surface area contributed by atoms with Crippen LogP contribution < -0.4 is 10.7 Å². The Kier molecular flexibility index (Phi) is 6.55. The first-order chi connectivity index (χ1) is 10.5. The van der Waals surface area contributed by atoms with Crippen LogP contribution in [0.15, 0.2) is 24.3 Å². The van der Waals surface area contributed by atoms with E-state index in [4.69, 9.17) is 0 Å². The summed E-state index contributed by atoms with van der Waals surface area (Å²) in [5.41, 5.74) is 4.79. The second-order valence-corrected chi connectivity index (χ2v) is 7.75. The second kappa shape index (κ2) is 7.76. The fraction of sp³-hybridized carbons (Fsp3) is 0.533. The van der Waals surface area contributed by atoms with E-state index in [0.29, 0.717) is 11.7 Å². The SMILES string of the molecule is CCNC(=O)N(NCc1ccc(C(C)(C)C)cc1)OS(C)(=O)=O. The van der Waals surface area contributed by atoms with E-state index in [1.165, 1.54) is 5.56 Å². The highest BCUT2D eigenvalue weighted by atomic mass is 32.2. The van der Waals surface area contributed by atoms with E-state index in [1.54, 1.807) is 6.92 Å². The number of nitrogens with zero attached hydrogens (tertiary/aromatic N) is 1. The molecule has 0 aliphatic rings. The number of hydroxylamine groups is 1. The number of urea groups is 1. The molecule has 0 unspecified atom stereocenters. The molecule has 0 aromatic heterocycles. The number of nitrogens with one attached hydrogen (secondary N) is 2. The first-order valence-corrected chi connectivity index (χ1v) is 9.15. The lowest BCUT2D eigenvalue weighted by atomic mass is 9.87. The zero-order chi connectivity index (χ0) is 17.7. The Morgan fingerprint density at radius 2 is 1.78 bits per heavy atom. The predicted molar refractivity (Wildman–Crippen MR) is 88.8 cm³/mol. The summed E-state index contributed by atoms with van der Waals surface area (Å²) < 4.78 is 27.1. The Labute approximate surface area is 138 Å². The third-order valence-corrected chi connectivity index (χ3v) is 3.39. The molecule has 1 aromatic rings. The van der Waals surface area contributed by atoms with Crippen molar-refractivity contribution in [2.75, 3.05) is 12.8 Å². The summed E-state index contributed by atoms with van der Waals surface area (Å²) in [5.74, 6) is 0. The minimum atomic E-state index is -3.81. The number of rotatable bonds is 6. The molecular weight excluding hydrogens is 318 g/mol. The summed E-state index contributed by atoms with van der Waals surface area (Å²) in [5, 5.41) is 3.06. The second-order valence-electron chi connectivity index (χ2n) is 6.19. The van der Waals surface area contributed by atoms with E-state index in [2.05, 4.69) is 35.8 Å². The Morgan fingerprint density at radius 1 is 1.22 bits per heavy atom. The van der Waals surface area contributed by atoms with Crippen LogP contribution in [0.3, 0.4) is 0 Å². The maximum atomic E-state index is 11.8. The molecule has 0 aliphatic heterocycles. The molecule has 8 heteroatoms. The number of benzene rings is 1. The molecule has 0 fully saturated rings. The highest BCUT2D eigenvalue weighted by Crippen LogP contribution is 2.22. The van der Waals surface area contributed by atoms with Gasteiger partial charge in [0.1, 0.15) is 0 Å². The minimum Gasteiger partial charge on any atom is -0.335 e. The molecule has 0 aliphatic carbocycles. The molecule has 1 rings (SSSR count). The Balaban J connectivity index is 2.75. The maximum absolute atomic E-state index is 11.8. The Morgan fingerprint density at radius 3 is 2.22 bits per heavy atom. The van der Waals surface area contributed by atoms with E-state index in [9.17, 15) is 13.2 Å². The van der Waals surface area contributed by atoms with Crippen molar-refractivity contribution in [1.82, 2.24) is 15.9 Å². The third kappa shape index (κ3) is 6.98. The van der Waals surface area contributed by atoms with Gasteiger partial charge in [-0.2, -0.15) is 13.8 Å². The van der Waals surface area contributed by atoms with Gasteiger partial charge in [-0.3, -0.25) is 0 Å². The number of hydrazine groups is 1. The highest BCUT2D eigenvalue weighted by molar-refractivity contribution is 7.85. The zero-order valence-electron chi connectivity index (χ0n) is 14.2. The number of carbonyl (C=O) groups excluding carboxylic acids is 1. The van der Waals surface area contributed by atoms with Gasteiger partial charge in [0.15, 0.2) is 0 Å². The van der Waals surface area contributed by atoms with Gasteiger partial charge < -0.3 is 5.32 Å². The topological polar surface area (TPSA) is 87.7 Å². The van der Waals surface area contributed by atoms with Crippen molar-refractivity contribution < 1.29 is 17.5 Å². The molecule has 0 saturated heterocycles. The molecule has 0 bridgehead atoms. The van der Waals surface area contributed by atoms with E-state index >= 15 is 0 Å².